The maximum atomic E-state index is 14.5. The number of imidazole rings is 1. The molecule has 1 saturated heterocycles. The molecule has 1 aliphatic rings. The molecule has 0 amide bonds. The van der Waals surface area contributed by atoms with Gasteiger partial charge in [-0.25, -0.2) is 19.2 Å². The molecule has 30 heavy (non-hydrogen) atoms. The van der Waals surface area contributed by atoms with Crippen LogP contribution in [0.1, 0.15) is 21.9 Å². The highest BCUT2D eigenvalue weighted by atomic mass is 19.1. The minimum atomic E-state index is -1.09. The summed E-state index contributed by atoms with van der Waals surface area (Å²) in [6.07, 6.45) is -1.64. The van der Waals surface area contributed by atoms with Gasteiger partial charge in [-0.2, -0.15) is 0 Å². The van der Waals surface area contributed by atoms with E-state index in [1.165, 1.54) is 7.11 Å². The number of benzene rings is 1. The Morgan fingerprint density at radius 1 is 1.23 bits per heavy atom. The number of carbonyl (C=O) groups is 1. The summed E-state index contributed by atoms with van der Waals surface area (Å²) < 4.78 is 30.1. The fraction of sp³-hybridized carbons (Fsp3) is 0.381. The predicted octanol–water partition coefficient (Wildman–Crippen LogP) is 2.49. The van der Waals surface area contributed by atoms with Crippen molar-refractivity contribution < 1.29 is 23.4 Å². The molecule has 1 N–H and O–H groups in total. The maximum Gasteiger partial charge on any atom is 0.337 e. The molecule has 0 saturated carbocycles. The molecule has 1 aromatic carbocycles. The van der Waals surface area contributed by atoms with E-state index < -0.39 is 18.2 Å². The Hall–Kier alpha value is -3.04. The molecule has 9 heteroatoms. The summed E-state index contributed by atoms with van der Waals surface area (Å²) >= 11 is 0. The number of fused-ring (bicyclic) bond motifs is 1. The van der Waals surface area contributed by atoms with Crippen LogP contribution in [0.25, 0.3) is 11.0 Å². The Morgan fingerprint density at radius 2 is 2.10 bits per heavy atom. The molecule has 1 aliphatic heterocycles. The summed E-state index contributed by atoms with van der Waals surface area (Å²) in [5.74, 6) is 0.699. The van der Waals surface area contributed by atoms with Crippen LogP contribution in [0.3, 0.4) is 0 Å². The Morgan fingerprint density at radius 3 is 2.90 bits per heavy atom. The lowest BCUT2D eigenvalue weighted by atomic mass is 10.2. The number of rotatable bonds is 7. The molecule has 2 atom stereocenters. The van der Waals surface area contributed by atoms with Crippen molar-refractivity contribution in [1.82, 2.24) is 19.9 Å². The largest absolute Gasteiger partial charge is 0.481 e. The number of nitrogens with zero attached hydrogens (tertiary/aromatic N) is 3. The topological polar surface area (TPSA) is 89.6 Å². The number of H-pyrrole nitrogens is 1. The molecule has 0 unspecified atom stereocenters. The minimum Gasteiger partial charge on any atom is -0.481 e. The van der Waals surface area contributed by atoms with Gasteiger partial charge < -0.3 is 19.2 Å². The number of hydrogen-bond acceptors (Lipinski definition) is 7. The quantitative estimate of drug-likeness (QED) is 0.594. The molecule has 0 radical (unpaired) electrons. The molecule has 0 spiro atoms. The fourth-order valence-electron chi connectivity index (χ4n) is 3.54. The Kier molecular flexibility index (Phi) is 5.91. The van der Waals surface area contributed by atoms with E-state index in [4.69, 9.17) is 14.2 Å². The van der Waals surface area contributed by atoms with Crippen LogP contribution in [0.4, 0.5) is 4.39 Å². The van der Waals surface area contributed by atoms with Crippen molar-refractivity contribution in [3.63, 3.8) is 0 Å². The van der Waals surface area contributed by atoms with Crippen molar-refractivity contribution >= 4 is 17.0 Å². The number of halogens is 1. The second kappa shape index (κ2) is 8.76. The van der Waals surface area contributed by atoms with Crippen LogP contribution >= 0.6 is 0 Å². The number of aromatic amines is 1. The number of pyridine rings is 1. The highest BCUT2D eigenvalue weighted by Gasteiger charge is 2.34. The van der Waals surface area contributed by atoms with Crippen LogP contribution in [-0.2, 0) is 22.6 Å². The lowest BCUT2D eigenvalue weighted by Crippen LogP contribution is -2.24. The first-order chi connectivity index (χ1) is 14.6. The molecule has 3 heterocycles. The number of nitrogens with one attached hydrogen (secondary N) is 1. The zero-order valence-corrected chi connectivity index (χ0v) is 16.8. The SMILES string of the molecule is COC(=O)c1ccc2nc(CO[C@H]3CN(Cc4cccc(OC)n4)C[C@H]3F)[nH]c2c1. The molecule has 2 aromatic heterocycles. The standard InChI is InChI=1S/C21H23FN4O4/c1-28-20-5-3-4-14(23-20)9-26-10-15(22)18(11-26)30-12-19-24-16-7-6-13(21(27)29-2)8-17(16)25-19/h3-8,15,18H,9-12H2,1-2H3,(H,24,25)/t15-,18+/m1/s1. The third-order valence-electron chi connectivity index (χ3n) is 5.04. The van der Waals surface area contributed by atoms with Crippen LogP contribution in [-0.4, -0.2) is 65.4 Å². The second-order valence-electron chi connectivity index (χ2n) is 7.14. The second-order valence-corrected chi connectivity index (χ2v) is 7.14. The van der Waals surface area contributed by atoms with Gasteiger partial charge in [-0.15, -0.1) is 0 Å². The van der Waals surface area contributed by atoms with E-state index in [0.717, 1.165) is 5.69 Å². The van der Waals surface area contributed by atoms with E-state index in [1.807, 2.05) is 17.0 Å². The summed E-state index contributed by atoms with van der Waals surface area (Å²) in [5, 5.41) is 0. The lowest BCUT2D eigenvalue weighted by Gasteiger charge is -2.15. The average Bonchev–Trinajstić information content (AvgIpc) is 3.33. The van der Waals surface area contributed by atoms with E-state index in [0.29, 0.717) is 41.4 Å². The van der Waals surface area contributed by atoms with Crippen molar-refractivity contribution in [1.29, 1.82) is 0 Å². The van der Waals surface area contributed by atoms with Gasteiger partial charge in [0, 0.05) is 25.7 Å². The summed E-state index contributed by atoms with van der Waals surface area (Å²) in [5.41, 5.74) is 2.66. The van der Waals surface area contributed by atoms with Gasteiger partial charge in [0.05, 0.1) is 36.5 Å². The number of carbonyl (C=O) groups excluding carboxylic acids is 1. The predicted molar refractivity (Wildman–Crippen MR) is 107 cm³/mol. The molecular weight excluding hydrogens is 391 g/mol. The van der Waals surface area contributed by atoms with Crippen molar-refractivity contribution in [3.8, 4) is 5.88 Å². The number of alkyl halides is 1. The third kappa shape index (κ3) is 4.42. The Bertz CT molecular complexity index is 1040. The van der Waals surface area contributed by atoms with Gasteiger partial charge in [0.25, 0.3) is 0 Å². The lowest BCUT2D eigenvalue weighted by molar-refractivity contribution is 0.00861. The van der Waals surface area contributed by atoms with E-state index in [2.05, 4.69) is 15.0 Å². The summed E-state index contributed by atoms with van der Waals surface area (Å²) in [6, 6.07) is 10.6. The van der Waals surface area contributed by atoms with E-state index in [-0.39, 0.29) is 13.2 Å². The zero-order valence-electron chi connectivity index (χ0n) is 16.8. The van der Waals surface area contributed by atoms with Gasteiger partial charge in [-0.3, -0.25) is 4.90 Å². The first kappa shape index (κ1) is 20.2. The first-order valence-corrected chi connectivity index (χ1v) is 9.60. The number of methoxy groups -OCH3 is 2. The van der Waals surface area contributed by atoms with Crippen molar-refractivity contribution in [3.05, 3.63) is 53.5 Å². The highest BCUT2D eigenvalue weighted by Crippen LogP contribution is 2.21. The van der Waals surface area contributed by atoms with Crippen LogP contribution in [0.5, 0.6) is 5.88 Å². The summed E-state index contributed by atoms with van der Waals surface area (Å²) in [4.78, 5) is 25.6. The molecule has 0 aliphatic carbocycles. The zero-order chi connectivity index (χ0) is 21.1. The van der Waals surface area contributed by atoms with Crippen LogP contribution < -0.4 is 4.74 Å². The fourth-order valence-corrected chi connectivity index (χ4v) is 3.54. The van der Waals surface area contributed by atoms with Gasteiger partial charge in [0.1, 0.15) is 24.7 Å². The monoisotopic (exact) mass is 414 g/mol. The maximum absolute atomic E-state index is 14.5. The number of esters is 1. The normalized spacial score (nSPS) is 19.3. The van der Waals surface area contributed by atoms with E-state index in [9.17, 15) is 9.18 Å². The molecule has 158 valence electrons. The Balaban J connectivity index is 1.36. The van der Waals surface area contributed by atoms with Gasteiger partial charge in [-0.05, 0) is 24.3 Å². The highest BCUT2D eigenvalue weighted by molar-refractivity contribution is 5.93. The molecule has 3 aromatic rings. The van der Waals surface area contributed by atoms with Crippen LogP contribution in [0.15, 0.2) is 36.4 Å². The van der Waals surface area contributed by atoms with Gasteiger partial charge in [-0.1, -0.05) is 6.07 Å². The summed E-state index contributed by atoms with van der Waals surface area (Å²) in [6.45, 7) is 1.43. The number of hydrogen-bond donors (Lipinski definition) is 1. The van der Waals surface area contributed by atoms with Crippen LogP contribution in [0, 0.1) is 0 Å². The van der Waals surface area contributed by atoms with Crippen molar-refractivity contribution in [2.75, 3.05) is 27.3 Å². The van der Waals surface area contributed by atoms with Gasteiger partial charge in [0.2, 0.25) is 5.88 Å². The number of likely N-dealkylation sites (tertiary alicyclic amines) is 1. The molecule has 4 rings (SSSR count). The van der Waals surface area contributed by atoms with Crippen LogP contribution in [0.2, 0.25) is 0 Å². The first-order valence-electron chi connectivity index (χ1n) is 9.60. The van der Waals surface area contributed by atoms with Gasteiger partial charge in [0.15, 0.2) is 0 Å². The molecule has 8 nitrogen and oxygen atoms in total. The third-order valence-corrected chi connectivity index (χ3v) is 5.04. The molecule has 0 bridgehead atoms. The van der Waals surface area contributed by atoms with Crippen molar-refractivity contribution in [2.45, 2.75) is 25.4 Å². The smallest absolute Gasteiger partial charge is 0.337 e. The van der Waals surface area contributed by atoms with Gasteiger partial charge >= 0.3 is 5.97 Å². The Labute approximate surface area is 173 Å². The van der Waals surface area contributed by atoms with E-state index >= 15 is 0 Å². The average molecular weight is 414 g/mol. The van der Waals surface area contributed by atoms with Crippen molar-refractivity contribution in [2.24, 2.45) is 0 Å². The number of ether oxygens (including phenoxy) is 3. The summed E-state index contributed by atoms with van der Waals surface area (Å²) in [7, 11) is 2.90. The molecular formula is C21H23FN4O4. The molecule has 1 fully saturated rings. The minimum absolute atomic E-state index is 0.151. The number of aromatic nitrogens is 3. The van der Waals surface area contributed by atoms with E-state index in [1.54, 1.807) is 31.4 Å².